The van der Waals surface area contributed by atoms with E-state index in [9.17, 15) is 4.79 Å². The molecule has 1 aromatic carbocycles. The molecule has 0 bridgehead atoms. The first-order chi connectivity index (χ1) is 10.2. The number of benzene rings is 1. The lowest BCUT2D eigenvalue weighted by molar-refractivity contribution is -0.644. The molecule has 2 rings (SSSR count). The van der Waals surface area contributed by atoms with Gasteiger partial charge in [-0.3, -0.25) is 10.5 Å². The van der Waals surface area contributed by atoms with E-state index >= 15 is 0 Å². The zero-order valence-electron chi connectivity index (χ0n) is 14.3. The van der Waals surface area contributed by atoms with E-state index in [1.54, 1.807) is 0 Å². The fourth-order valence-electron chi connectivity index (χ4n) is 2.40. The van der Waals surface area contributed by atoms with E-state index in [4.69, 9.17) is 5.73 Å². The number of Topliss-reactive ketones (excluding diaryl/α,β-unsaturated/α-hetero) is 1. The van der Waals surface area contributed by atoms with Crippen molar-refractivity contribution in [2.45, 2.75) is 33.9 Å². The summed E-state index contributed by atoms with van der Waals surface area (Å²) < 4.78 is 4.02. The van der Waals surface area contributed by atoms with Gasteiger partial charge in [-0.05, 0) is 26.2 Å². The maximum absolute atomic E-state index is 12.4. The lowest BCUT2D eigenvalue weighted by Crippen LogP contribution is -2.43. The number of hydrogen-bond donors (Lipinski definition) is 1. The van der Waals surface area contributed by atoms with Crippen LogP contribution in [-0.2, 0) is 17.9 Å². The third-order valence-corrected chi connectivity index (χ3v) is 3.93. The van der Waals surface area contributed by atoms with Crippen molar-refractivity contribution in [3.63, 3.8) is 0 Å². The second kappa shape index (κ2) is 6.08. The number of para-hydroxylation sites is 2. The van der Waals surface area contributed by atoms with Crippen LogP contribution < -0.4 is 10.3 Å². The third-order valence-electron chi connectivity index (χ3n) is 3.93. The van der Waals surface area contributed by atoms with Crippen LogP contribution in [0.15, 0.2) is 24.3 Å². The predicted octanol–water partition coefficient (Wildman–Crippen LogP) is 1.69. The summed E-state index contributed by atoms with van der Waals surface area (Å²) in [6.07, 6.45) is 0. The molecule has 22 heavy (non-hydrogen) atoms. The molecule has 1 heterocycles. The summed E-state index contributed by atoms with van der Waals surface area (Å²) in [4.78, 5) is 14.5. The summed E-state index contributed by atoms with van der Waals surface area (Å²) >= 11 is 0. The van der Waals surface area contributed by atoms with Gasteiger partial charge in [-0.25, -0.2) is 9.13 Å². The number of carbonyl (C=O) groups is 1. The highest BCUT2D eigenvalue weighted by atomic mass is 16.1. The van der Waals surface area contributed by atoms with E-state index in [2.05, 4.69) is 15.5 Å². The Kier molecular flexibility index (Phi) is 4.56. The average Bonchev–Trinajstić information content (AvgIpc) is 2.68. The van der Waals surface area contributed by atoms with Gasteiger partial charge < -0.3 is 4.90 Å². The average molecular weight is 303 g/mol. The molecular formula is C17H27N4O+. The minimum absolute atomic E-state index is 0.180. The van der Waals surface area contributed by atoms with E-state index < -0.39 is 0 Å². The normalized spacial score (nSPS) is 12.3. The van der Waals surface area contributed by atoms with Crippen molar-refractivity contribution in [2.24, 2.45) is 5.41 Å². The number of anilines is 1. The number of carbonyl (C=O) groups excluding carboxylic acids is 1. The van der Waals surface area contributed by atoms with Crippen LogP contribution in [0.25, 0.3) is 11.0 Å². The molecule has 5 heteroatoms. The van der Waals surface area contributed by atoms with Crippen LogP contribution >= 0.6 is 0 Å². The number of nitrogens with zero attached hydrogens (tertiary/aromatic N) is 3. The first kappa shape index (κ1) is 16.5. The smallest absolute Gasteiger partial charge is 0.306 e. The molecule has 0 saturated heterocycles. The molecule has 0 aliphatic heterocycles. The zero-order chi connectivity index (χ0) is 16.5. The number of rotatable bonds is 5. The van der Waals surface area contributed by atoms with Gasteiger partial charge in [0.15, 0.2) is 5.78 Å². The minimum atomic E-state index is -0.369. The Morgan fingerprint density at radius 2 is 1.91 bits per heavy atom. The van der Waals surface area contributed by atoms with Crippen LogP contribution in [0.3, 0.4) is 0 Å². The van der Waals surface area contributed by atoms with Gasteiger partial charge in [0, 0.05) is 12.0 Å². The van der Waals surface area contributed by atoms with Gasteiger partial charge in [0.05, 0.1) is 6.54 Å². The van der Waals surface area contributed by atoms with E-state index in [-0.39, 0.29) is 11.2 Å². The van der Waals surface area contributed by atoms with Crippen LogP contribution in [0.5, 0.6) is 0 Å². The Labute approximate surface area is 132 Å². The number of nitrogens with two attached hydrogens (primary N) is 1. The van der Waals surface area contributed by atoms with E-state index in [1.807, 2.05) is 57.6 Å². The van der Waals surface area contributed by atoms with Crippen LogP contribution in [0.4, 0.5) is 5.95 Å². The van der Waals surface area contributed by atoms with Gasteiger partial charge in [0.2, 0.25) is 0 Å². The summed E-state index contributed by atoms with van der Waals surface area (Å²) in [5.74, 6) is 0.820. The van der Waals surface area contributed by atoms with Gasteiger partial charge in [-0.1, -0.05) is 32.9 Å². The molecule has 0 fully saturated rings. The number of imidazole rings is 1. The Hall–Kier alpha value is -1.88. The molecule has 0 unspecified atom stereocenters. The molecule has 1 aromatic heterocycles. The zero-order valence-corrected chi connectivity index (χ0v) is 14.3. The van der Waals surface area contributed by atoms with Crippen molar-refractivity contribution >= 4 is 22.8 Å². The van der Waals surface area contributed by atoms with Crippen LogP contribution in [0.2, 0.25) is 0 Å². The van der Waals surface area contributed by atoms with Crippen molar-refractivity contribution in [1.29, 1.82) is 0 Å². The molecule has 2 aromatic rings. The fraction of sp³-hybridized carbons (Fsp3) is 0.529. The molecule has 0 atom stereocenters. The molecule has 2 N–H and O–H groups in total. The molecule has 5 nitrogen and oxygen atoms in total. The highest BCUT2D eigenvalue weighted by Gasteiger charge is 2.27. The quantitative estimate of drug-likeness (QED) is 0.855. The number of aromatic nitrogens is 2. The lowest BCUT2D eigenvalue weighted by Gasteiger charge is -2.15. The number of fused-ring (bicyclic) bond motifs is 1. The van der Waals surface area contributed by atoms with Crippen LogP contribution in [0.1, 0.15) is 20.8 Å². The predicted molar refractivity (Wildman–Crippen MR) is 89.6 cm³/mol. The third kappa shape index (κ3) is 3.30. The molecule has 0 spiro atoms. The van der Waals surface area contributed by atoms with E-state index in [0.29, 0.717) is 12.5 Å². The molecule has 0 aliphatic rings. The van der Waals surface area contributed by atoms with Gasteiger partial charge in [-0.15, -0.1) is 0 Å². The largest absolute Gasteiger partial charge is 0.356 e. The van der Waals surface area contributed by atoms with Crippen molar-refractivity contribution in [3.8, 4) is 0 Å². The summed E-state index contributed by atoms with van der Waals surface area (Å²) in [7, 11) is 4.08. The highest BCUT2D eigenvalue weighted by Crippen LogP contribution is 2.19. The summed E-state index contributed by atoms with van der Waals surface area (Å²) in [6, 6.07) is 8.06. The van der Waals surface area contributed by atoms with Gasteiger partial charge >= 0.3 is 5.95 Å². The highest BCUT2D eigenvalue weighted by molar-refractivity contribution is 5.83. The van der Waals surface area contributed by atoms with Gasteiger partial charge in [0.25, 0.3) is 0 Å². The monoisotopic (exact) mass is 303 g/mol. The number of hydrogen-bond acceptors (Lipinski definition) is 3. The Morgan fingerprint density at radius 3 is 2.50 bits per heavy atom. The molecule has 120 valence electrons. The van der Waals surface area contributed by atoms with Crippen molar-refractivity contribution in [3.05, 3.63) is 24.3 Å². The second-order valence-corrected chi connectivity index (χ2v) is 7.06. The molecule has 0 amide bonds. The Morgan fingerprint density at radius 1 is 1.27 bits per heavy atom. The molecular weight excluding hydrogens is 276 g/mol. The lowest BCUT2D eigenvalue weighted by atomic mass is 9.91. The first-order valence-corrected chi connectivity index (χ1v) is 7.66. The fourth-order valence-corrected chi connectivity index (χ4v) is 2.40. The molecule has 0 radical (unpaired) electrons. The Balaban J connectivity index is 2.46. The second-order valence-electron chi connectivity index (χ2n) is 7.06. The summed E-state index contributed by atoms with van der Waals surface area (Å²) in [5, 5.41) is 0. The minimum Gasteiger partial charge on any atom is -0.306 e. The standard InChI is InChI=1S/C17H26N4O/c1-17(2,3)15(22)12-21-14-9-7-6-8-13(14)20(16(21)18)11-10-19(4)5/h6-9,18H,10-12H2,1-5H3/p+1. The van der Waals surface area contributed by atoms with Gasteiger partial charge in [0.1, 0.15) is 17.6 Å². The first-order valence-electron chi connectivity index (χ1n) is 7.66. The summed E-state index contributed by atoms with van der Waals surface area (Å²) in [5.41, 5.74) is 8.06. The Bertz CT molecular complexity index is 680. The maximum Gasteiger partial charge on any atom is 0.356 e. The molecule has 0 saturated carbocycles. The summed E-state index contributed by atoms with van der Waals surface area (Å²) in [6.45, 7) is 7.84. The van der Waals surface area contributed by atoms with Crippen LogP contribution in [0, 0.1) is 5.41 Å². The van der Waals surface area contributed by atoms with Crippen molar-refractivity contribution in [1.82, 2.24) is 9.47 Å². The molecule has 0 aliphatic carbocycles. The number of nitrogen functional groups attached to an aromatic ring is 1. The van der Waals surface area contributed by atoms with Crippen molar-refractivity contribution < 1.29 is 9.36 Å². The van der Waals surface area contributed by atoms with Crippen molar-refractivity contribution in [2.75, 3.05) is 26.4 Å². The van der Waals surface area contributed by atoms with Gasteiger partial charge in [-0.2, -0.15) is 0 Å². The van der Waals surface area contributed by atoms with E-state index in [1.165, 1.54) is 0 Å². The van der Waals surface area contributed by atoms with E-state index in [0.717, 1.165) is 24.1 Å². The number of likely N-dealkylation sites (N-methyl/N-ethyl adjacent to an activating group) is 1. The maximum atomic E-state index is 12.4. The topological polar surface area (TPSA) is 55.1 Å². The van der Waals surface area contributed by atoms with Crippen LogP contribution in [-0.4, -0.2) is 35.9 Å². The SMILES string of the molecule is CN(C)CCn1c(N)[n+](CC(=O)C(C)(C)C)c2ccccc21. The number of ketones is 1.